The van der Waals surface area contributed by atoms with Gasteiger partial charge >= 0.3 is 12.1 Å². The van der Waals surface area contributed by atoms with Crippen molar-refractivity contribution in [2.24, 2.45) is 0 Å². The first kappa shape index (κ1) is 21.2. The number of ether oxygens (including phenoxy) is 1. The number of aromatic nitrogens is 3. The number of pyridine rings is 1. The number of benzene rings is 1. The Morgan fingerprint density at radius 2 is 1.76 bits per heavy atom. The van der Waals surface area contributed by atoms with Crippen molar-refractivity contribution in [3.63, 3.8) is 0 Å². The van der Waals surface area contributed by atoms with Crippen LogP contribution in [-0.2, 0) is 12.6 Å². The summed E-state index contributed by atoms with van der Waals surface area (Å²) in [6.07, 6.45) is 1.19. The summed E-state index contributed by atoms with van der Waals surface area (Å²) in [5.41, 5.74) is 1.42. The minimum absolute atomic E-state index is 0.215. The van der Waals surface area contributed by atoms with Gasteiger partial charge in [-0.3, -0.25) is 4.98 Å². The van der Waals surface area contributed by atoms with E-state index in [1.165, 1.54) is 0 Å². The molecule has 0 aliphatic carbocycles. The maximum absolute atomic E-state index is 12.7. The van der Waals surface area contributed by atoms with Gasteiger partial charge in [-0.15, -0.1) is 0 Å². The fourth-order valence-electron chi connectivity index (χ4n) is 4.33. The monoisotopic (exact) mass is 456 g/mol. The SMILES string of the molecule is O=C(O)c1ccc(-c2cc3c(cn2)OC2(CCN(c4cnc(C(F)(F)F)cn4)CC2)C3)cc1. The molecule has 0 amide bonds. The first-order chi connectivity index (χ1) is 15.7. The lowest BCUT2D eigenvalue weighted by atomic mass is 9.87. The molecule has 4 heterocycles. The minimum atomic E-state index is -4.51. The van der Waals surface area contributed by atoms with E-state index in [9.17, 15) is 18.0 Å². The number of carboxylic acids is 1. The van der Waals surface area contributed by atoms with E-state index in [1.54, 1.807) is 30.5 Å². The van der Waals surface area contributed by atoms with Crippen molar-refractivity contribution in [1.82, 2.24) is 15.0 Å². The van der Waals surface area contributed by atoms with Gasteiger partial charge in [0.25, 0.3) is 0 Å². The summed E-state index contributed by atoms with van der Waals surface area (Å²) in [5, 5.41) is 9.06. The van der Waals surface area contributed by atoms with Gasteiger partial charge < -0.3 is 14.7 Å². The number of piperidine rings is 1. The van der Waals surface area contributed by atoms with Gasteiger partial charge in [0, 0.05) is 43.5 Å². The van der Waals surface area contributed by atoms with Gasteiger partial charge in [0.05, 0.1) is 29.8 Å². The fraction of sp³-hybridized carbons (Fsp3) is 0.304. The van der Waals surface area contributed by atoms with E-state index in [1.807, 2.05) is 11.0 Å². The standard InChI is InChI=1S/C23H19F3N4O3/c24-23(25,26)19-12-29-20(13-28-19)30-7-5-22(6-8-30)10-16-9-17(27-11-18(16)33-22)14-1-3-15(4-2-14)21(31)32/h1-4,9,11-13H,5-8,10H2,(H,31,32). The molecular formula is C23H19F3N4O3. The second kappa shape index (κ2) is 7.72. The molecule has 7 nitrogen and oxygen atoms in total. The number of hydrogen-bond acceptors (Lipinski definition) is 6. The second-order valence-electron chi connectivity index (χ2n) is 8.27. The van der Waals surface area contributed by atoms with Crippen LogP contribution < -0.4 is 9.64 Å². The average Bonchev–Trinajstić information content (AvgIpc) is 3.16. The highest BCUT2D eigenvalue weighted by Gasteiger charge is 2.42. The van der Waals surface area contributed by atoms with Gasteiger partial charge in [-0.1, -0.05) is 12.1 Å². The van der Waals surface area contributed by atoms with Crippen LogP contribution in [0.1, 0.15) is 34.5 Å². The number of hydrogen-bond donors (Lipinski definition) is 1. The molecule has 10 heteroatoms. The molecule has 33 heavy (non-hydrogen) atoms. The Kier molecular flexibility index (Phi) is 4.95. The third-order valence-electron chi connectivity index (χ3n) is 6.14. The van der Waals surface area contributed by atoms with E-state index in [2.05, 4.69) is 15.0 Å². The molecule has 2 aliphatic rings. The van der Waals surface area contributed by atoms with Gasteiger partial charge in [0.15, 0.2) is 5.69 Å². The highest BCUT2D eigenvalue weighted by molar-refractivity contribution is 5.88. The van der Waals surface area contributed by atoms with Crippen molar-refractivity contribution in [2.75, 3.05) is 18.0 Å². The van der Waals surface area contributed by atoms with Crippen LogP contribution >= 0.6 is 0 Å². The summed E-state index contributed by atoms with van der Waals surface area (Å²) in [5.74, 6) is 0.165. The summed E-state index contributed by atoms with van der Waals surface area (Å²) in [6, 6.07) is 8.52. The molecule has 0 radical (unpaired) electrons. The highest BCUT2D eigenvalue weighted by atomic mass is 19.4. The van der Waals surface area contributed by atoms with E-state index in [0.717, 1.165) is 35.0 Å². The quantitative estimate of drug-likeness (QED) is 0.631. The zero-order valence-electron chi connectivity index (χ0n) is 17.3. The van der Waals surface area contributed by atoms with E-state index < -0.39 is 17.8 Å². The molecular weight excluding hydrogens is 437 g/mol. The number of carboxylic acid groups (broad SMARTS) is 1. The molecule has 1 saturated heterocycles. The van der Waals surface area contributed by atoms with Crippen LogP contribution in [-0.4, -0.2) is 44.7 Å². The molecule has 1 N–H and O–H groups in total. The van der Waals surface area contributed by atoms with Crippen molar-refractivity contribution in [2.45, 2.75) is 31.0 Å². The van der Waals surface area contributed by atoms with E-state index in [0.29, 0.717) is 38.2 Å². The van der Waals surface area contributed by atoms with Gasteiger partial charge in [0.1, 0.15) is 17.2 Å². The summed E-state index contributed by atoms with van der Waals surface area (Å²) in [6.45, 7) is 1.18. The summed E-state index contributed by atoms with van der Waals surface area (Å²) >= 11 is 0. The van der Waals surface area contributed by atoms with Crippen LogP contribution in [0.2, 0.25) is 0 Å². The predicted octanol–water partition coefficient (Wildman–Crippen LogP) is 4.23. The molecule has 5 rings (SSSR count). The summed E-state index contributed by atoms with van der Waals surface area (Å²) in [7, 11) is 0. The Labute approximate surface area is 186 Å². The van der Waals surface area contributed by atoms with Crippen molar-refractivity contribution < 1.29 is 27.8 Å². The number of rotatable bonds is 3. The molecule has 0 saturated carbocycles. The second-order valence-corrected chi connectivity index (χ2v) is 8.27. The Morgan fingerprint density at radius 1 is 1.03 bits per heavy atom. The molecule has 0 atom stereocenters. The topological polar surface area (TPSA) is 88.4 Å². The summed E-state index contributed by atoms with van der Waals surface area (Å²) < 4.78 is 44.4. The number of nitrogens with zero attached hydrogens (tertiary/aromatic N) is 4. The number of carbonyl (C=O) groups is 1. The van der Waals surface area contributed by atoms with E-state index in [4.69, 9.17) is 9.84 Å². The van der Waals surface area contributed by atoms with E-state index >= 15 is 0 Å². The lowest BCUT2D eigenvalue weighted by Gasteiger charge is -2.39. The lowest BCUT2D eigenvalue weighted by Crippen LogP contribution is -2.47. The van der Waals surface area contributed by atoms with Crippen molar-refractivity contribution in [3.05, 3.63) is 65.7 Å². The average molecular weight is 456 g/mol. The van der Waals surface area contributed by atoms with Crippen LogP contribution in [0, 0.1) is 0 Å². The highest BCUT2D eigenvalue weighted by Crippen LogP contribution is 2.42. The fourth-order valence-corrected chi connectivity index (χ4v) is 4.33. The van der Waals surface area contributed by atoms with Crippen LogP contribution in [0.4, 0.5) is 19.0 Å². The Morgan fingerprint density at radius 3 is 2.36 bits per heavy atom. The van der Waals surface area contributed by atoms with Crippen LogP contribution in [0.25, 0.3) is 11.3 Å². The first-order valence-corrected chi connectivity index (χ1v) is 10.4. The maximum atomic E-state index is 12.7. The minimum Gasteiger partial charge on any atom is -0.485 e. The van der Waals surface area contributed by atoms with Gasteiger partial charge in [-0.05, 0) is 18.2 Å². The summed E-state index contributed by atoms with van der Waals surface area (Å²) in [4.78, 5) is 24.9. The van der Waals surface area contributed by atoms with Crippen LogP contribution in [0.3, 0.4) is 0 Å². The molecule has 2 aromatic heterocycles. The third-order valence-corrected chi connectivity index (χ3v) is 6.14. The molecule has 0 unspecified atom stereocenters. The van der Waals surface area contributed by atoms with Crippen LogP contribution in [0.5, 0.6) is 5.75 Å². The molecule has 1 fully saturated rings. The third kappa shape index (κ3) is 4.08. The number of halogens is 3. The van der Waals surface area contributed by atoms with Crippen LogP contribution in [0.15, 0.2) is 48.9 Å². The molecule has 1 aromatic carbocycles. The van der Waals surface area contributed by atoms with Crippen molar-refractivity contribution >= 4 is 11.8 Å². The zero-order chi connectivity index (χ0) is 23.2. The van der Waals surface area contributed by atoms with Gasteiger partial charge in [0.2, 0.25) is 0 Å². The maximum Gasteiger partial charge on any atom is 0.434 e. The Hall–Kier alpha value is -3.69. The Balaban J connectivity index is 1.27. The largest absolute Gasteiger partial charge is 0.485 e. The first-order valence-electron chi connectivity index (χ1n) is 10.4. The normalized spacial score (nSPS) is 17.0. The molecule has 170 valence electrons. The van der Waals surface area contributed by atoms with Crippen molar-refractivity contribution in [3.8, 4) is 17.0 Å². The molecule has 3 aromatic rings. The number of anilines is 1. The Bertz CT molecular complexity index is 1190. The van der Waals surface area contributed by atoms with Gasteiger partial charge in [-0.25, -0.2) is 14.8 Å². The van der Waals surface area contributed by atoms with E-state index in [-0.39, 0.29) is 11.2 Å². The number of aromatic carboxylic acids is 1. The zero-order valence-corrected chi connectivity index (χ0v) is 17.3. The number of alkyl halides is 3. The molecule has 2 aliphatic heterocycles. The molecule has 1 spiro atoms. The van der Waals surface area contributed by atoms with Gasteiger partial charge in [-0.2, -0.15) is 13.2 Å². The lowest BCUT2D eigenvalue weighted by molar-refractivity contribution is -0.141. The molecule has 0 bridgehead atoms. The van der Waals surface area contributed by atoms with Crippen molar-refractivity contribution in [1.29, 1.82) is 0 Å². The smallest absolute Gasteiger partial charge is 0.434 e. The number of fused-ring (bicyclic) bond motifs is 1. The predicted molar refractivity (Wildman–Crippen MR) is 112 cm³/mol.